The van der Waals surface area contributed by atoms with Gasteiger partial charge >= 0.3 is 6.03 Å². The van der Waals surface area contributed by atoms with Gasteiger partial charge in [0.1, 0.15) is 0 Å². The van der Waals surface area contributed by atoms with Gasteiger partial charge < -0.3 is 5.73 Å². The zero-order valence-electron chi connectivity index (χ0n) is 5.68. The molecule has 1 aliphatic rings. The summed E-state index contributed by atoms with van der Waals surface area (Å²) in [4.78, 5) is 10.5. The molecule has 0 aliphatic carbocycles. The molecule has 0 atom stereocenters. The highest BCUT2D eigenvalue weighted by Crippen LogP contribution is 1.93. The lowest BCUT2D eigenvalue weighted by atomic mass is 10.5. The number of allylic oxidation sites excluding steroid dienone is 3. The Balaban J connectivity index is 0.000001000. The second kappa shape index (κ2) is 4.51. The number of amides is 2. The minimum atomic E-state index is -0.587. The van der Waals surface area contributed by atoms with Crippen LogP contribution in [-0.2, 0) is 0 Å². The Morgan fingerprint density at radius 1 is 1.36 bits per heavy atom. The zero-order chi connectivity index (χ0) is 7.40. The zero-order valence-corrected chi connectivity index (χ0v) is 6.49. The van der Waals surface area contributed by atoms with Crippen molar-refractivity contribution in [1.82, 2.24) is 5.01 Å². The fraction of sp³-hybridized carbons (Fsp3) is 0. The third-order valence-corrected chi connectivity index (χ3v) is 0.952. The summed E-state index contributed by atoms with van der Waals surface area (Å²) < 4.78 is 0. The summed E-state index contributed by atoms with van der Waals surface area (Å²) in [5.41, 5.74) is 4.93. The number of nitrogens with two attached hydrogens (primary N) is 1. The fourth-order valence-corrected chi connectivity index (χ4v) is 0.524. The van der Waals surface area contributed by atoms with E-state index in [9.17, 15) is 4.79 Å². The van der Waals surface area contributed by atoms with Crippen LogP contribution in [0.2, 0.25) is 0 Å². The van der Waals surface area contributed by atoms with Crippen LogP contribution in [0.5, 0.6) is 0 Å². The Kier molecular flexibility index (Phi) is 3.98. The van der Waals surface area contributed by atoms with Crippen molar-refractivity contribution in [2.45, 2.75) is 0 Å². The number of urea groups is 1. The van der Waals surface area contributed by atoms with Gasteiger partial charge in [0.05, 0.1) is 0 Å². The number of carbonyl (C=O) groups is 1. The standard InChI is InChI=1S/C6H7N3O.ClH/c7-6(10)9-5-3-1-2-4-8-9;/h1-5H,(H2,7,10);1H. The van der Waals surface area contributed by atoms with Gasteiger partial charge in [0.2, 0.25) is 0 Å². The van der Waals surface area contributed by atoms with Crippen LogP contribution in [0.3, 0.4) is 0 Å². The first-order chi connectivity index (χ1) is 4.80. The second-order valence-corrected chi connectivity index (χ2v) is 1.67. The molecule has 0 saturated heterocycles. The van der Waals surface area contributed by atoms with Gasteiger partial charge in [-0.25, -0.2) is 4.79 Å². The van der Waals surface area contributed by atoms with Crippen molar-refractivity contribution < 1.29 is 4.79 Å². The summed E-state index contributed by atoms with van der Waals surface area (Å²) in [6.07, 6.45) is 8.12. The number of halogens is 1. The van der Waals surface area contributed by atoms with E-state index in [4.69, 9.17) is 5.73 Å². The van der Waals surface area contributed by atoms with E-state index in [1.807, 2.05) is 0 Å². The van der Waals surface area contributed by atoms with E-state index in [1.165, 1.54) is 12.4 Å². The van der Waals surface area contributed by atoms with Gasteiger partial charge in [0.15, 0.2) is 0 Å². The lowest BCUT2D eigenvalue weighted by molar-refractivity contribution is 0.226. The number of primary amides is 1. The summed E-state index contributed by atoms with van der Waals surface area (Å²) >= 11 is 0. The predicted molar refractivity (Wildman–Crippen MR) is 45.4 cm³/mol. The van der Waals surface area contributed by atoms with Crippen LogP contribution < -0.4 is 5.73 Å². The molecule has 11 heavy (non-hydrogen) atoms. The molecule has 0 saturated carbocycles. The Hall–Kier alpha value is -1.29. The molecule has 0 radical (unpaired) electrons. The molecule has 1 heterocycles. The number of carbonyl (C=O) groups excluding carboxylic acids is 1. The number of hydrogen-bond donors (Lipinski definition) is 1. The maximum absolute atomic E-state index is 10.5. The molecule has 60 valence electrons. The average molecular weight is 174 g/mol. The maximum atomic E-state index is 10.5. The Bertz CT molecular complexity index is 206. The molecule has 1 aliphatic heterocycles. The Labute approximate surface area is 70.5 Å². The summed E-state index contributed by atoms with van der Waals surface area (Å²) in [6, 6.07) is -0.587. The molecule has 0 spiro atoms. The number of hydrazone groups is 1. The fourth-order valence-electron chi connectivity index (χ4n) is 0.524. The average Bonchev–Trinajstić information content (AvgIpc) is 2.12. The topological polar surface area (TPSA) is 58.7 Å². The van der Waals surface area contributed by atoms with Crippen molar-refractivity contribution in [1.29, 1.82) is 0 Å². The first kappa shape index (κ1) is 9.71. The molecule has 0 aromatic rings. The molecule has 4 nitrogen and oxygen atoms in total. The van der Waals surface area contributed by atoms with E-state index in [2.05, 4.69) is 5.10 Å². The molecule has 2 N–H and O–H groups in total. The molecule has 0 bridgehead atoms. The first-order valence-electron chi connectivity index (χ1n) is 2.77. The van der Waals surface area contributed by atoms with Gasteiger partial charge in [-0.2, -0.15) is 10.1 Å². The van der Waals surface area contributed by atoms with E-state index in [0.29, 0.717) is 0 Å². The molecule has 0 fully saturated rings. The van der Waals surface area contributed by atoms with E-state index in [1.54, 1.807) is 18.2 Å². The number of hydrogen-bond acceptors (Lipinski definition) is 2. The van der Waals surface area contributed by atoms with Crippen LogP contribution in [0.15, 0.2) is 29.5 Å². The van der Waals surface area contributed by atoms with Crippen molar-refractivity contribution in [3.05, 3.63) is 24.4 Å². The Morgan fingerprint density at radius 2 is 2.09 bits per heavy atom. The van der Waals surface area contributed by atoms with Crippen LogP contribution >= 0.6 is 12.4 Å². The van der Waals surface area contributed by atoms with Crippen LogP contribution in [0.1, 0.15) is 0 Å². The lowest BCUT2D eigenvalue weighted by Crippen LogP contribution is -2.26. The second-order valence-electron chi connectivity index (χ2n) is 1.67. The summed E-state index contributed by atoms with van der Waals surface area (Å²) in [7, 11) is 0. The Morgan fingerprint density at radius 3 is 2.73 bits per heavy atom. The van der Waals surface area contributed by atoms with Gasteiger partial charge in [0.25, 0.3) is 0 Å². The van der Waals surface area contributed by atoms with E-state index in [0.717, 1.165) is 5.01 Å². The summed E-state index contributed by atoms with van der Waals surface area (Å²) in [6.45, 7) is 0. The highest BCUT2D eigenvalue weighted by molar-refractivity contribution is 5.85. The first-order valence-corrected chi connectivity index (χ1v) is 2.77. The van der Waals surface area contributed by atoms with Crippen LogP contribution in [0.4, 0.5) is 4.79 Å². The van der Waals surface area contributed by atoms with Gasteiger partial charge in [-0.1, -0.05) is 6.08 Å². The van der Waals surface area contributed by atoms with E-state index < -0.39 is 6.03 Å². The van der Waals surface area contributed by atoms with Crippen molar-refractivity contribution in [2.24, 2.45) is 10.8 Å². The number of nitrogens with zero attached hydrogens (tertiary/aromatic N) is 2. The van der Waals surface area contributed by atoms with E-state index >= 15 is 0 Å². The molecule has 2 amide bonds. The summed E-state index contributed by atoms with van der Waals surface area (Å²) in [5, 5.41) is 4.74. The van der Waals surface area contributed by atoms with Crippen LogP contribution in [0, 0.1) is 0 Å². The highest BCUT2D eigenvalue weighted by atomic mass is 35.5. The molecule has 0 aromatic carbocycles. The third-order valence-electron chi connectivity index (χ3n) is 0.952. The minimum Gasteiger partial charge on any atom is -0.350 e. The summed E-state index contributed by atoms with van der Waals surface area (Å²) in [5.74, 6) is 0. The molecule has 5 heteroatoms. The predicted octanol–water partition coefficient (Wildman–Crippen LogP) is 0.858. The molecular formula is C6H8ClN3O. The minimum absolute atomic E-state index is 0. The van der Waals surface area contributed by atoms with Gasteiger partial charge in [-0.15, -0.1) is 12.4 Å². The van der Waals surface area contributed by atoms with Crippen molar-refractivity contribution in [2.75, 3.05) is 0 Å². The highest BCUT2D eigenvalue weighted by Gasteiger charge is 2.00. The maximum Gasteiger partial charge on any atom is 0.339 e. The lowest BCUT2D eigenvalue weighted by Gasteiger charge is -2.04. The SMILES string of the molecule is Cl.NC(=O)N1C=CC=CC=N1. The normalized spacial score (nSPS) is 14.0. The monoisotopic (exact) mass is 173 g/mol. The third kappa shape index (κ3) is 2.86. The smallest absolute Gasteiger partial charge is 0.339 e. The van der Waals surface area contributed by atoms with Crippen LogP contribution in [-0.4, -0.2) is 17.3 Å². The van der Waals surface area contributed by atoms with Crippen molar-refractivity contribution in [3.8, 4) is 0 Å². The van der Waals surface area contributed by atoms with Crippen LogP contribution in [0.25, 0.3) is 0 Å². The molecular weight excluding hydrogens is 166 g/mol. The van der Waals surface area contributed by atoms with Gasteiger partial charge in [0, 0.05) is 12.4 Å². The molecule has 0 aromatic heterocycles. The number of rotatable bonds is 0. The van der Waals surface area contributed by atoms with Crippen molar-refractivity contribution >= 4 is 24.7 Å². The van der Waals surface area contributed by atoms with Gasteiger partial charge in [-0.3, -0.25) is 0 Å². The molecule has 0 unspecified atom stereocenters. The quantitative estimate of drug-likeness (QED) is 0.580. The van der Waals surface area contributed by atoms with Crippen molar-refractivity contribution in [3.63, 3.8) is 0 Å². The molecule has 1 rings (SSSR count). The van der Waals surface area contributed by atoms with Gasteiger partial charge in [-0.05, 0) is 12.2 Å². The van der Waals surface area contributed by atoms with E-state index in [-0.39, 0.29) is 12.4 Å². The largest absolute Gasteiger partial charge is 0.350 e.